The Bertz CT molecular complexity index is 1210. The van der Waals surface area contributed by atoms with Crippen LogP contribution >= 0.6 is 0 Å². The van der Waals surface area contributed by atoms with Crippen molar-refractivity contribution < 1.29 is 23.9 Å². The number of hydrogen-bond donors (Lipinski definition) is 0. The van der Waals surface area contributed by atoms with Crippen molar-refractivity contribution in [1.82, 2.24) is 0 Å². The first kappa shape index (κ1) is 22.1. The van der Waals surface area contributed by atoms with Gasteiger partial charge in [-0.05, 0) is 68.1 Å². The smallest absolute Gasteiger partial charge is 0.316 e. The number of benzene rings is 2. The molecule has 174 valence electrons. The second-order valence-electron chi connectivity index (χ2n) is 9.28. The molecule has 2 saturated heterocycles. The number of esters is 1. The lowest BCUT2D eigenvalue weighted by Crippen LogP contribution is -2.31. The summed E-state index contributed by atoms with van der Waals surface area (Å²) in [5.74, 6) is -1.77. The first-order valence-electron chi connectivity index (χ1n) is 11.6. The number of aryl methyl sites for hydroxylation is 2. The molecule has 3 atom stereocenters. The largest absolute Gasteiger partial charge is 0.426 e. The minimum absolute atomic E-state index is 0.0947. The SMILES string of the molecule is Cc1cccc(N2C[C@H](C(=O)Oc3ccc(N4C(=O)[C@H]5CC=CC[C@H]5C4=O)c(C)c3)CC2=O)c1. The Morgan fingerprint density at radius 1 is 0.941 bits per heavy atom. The zero-order valence-electron chi connectivity index (χ0n) is 19.2. The first-order valence-corrected chi connectivity index (χ1v) is 11.6. The quantitative estimate of drug-likeness (QED) is 0.302. The van der Waals surface area contributed by atoms with Crippen LogP contribution in [0.3, 0.4) is 0 Å². The number of anilines is 2. The van der Waals surface area contributed by atoms with E-state index in [0.717, 1.165) is 11.3 Å². The number of rotatable bonds is 4. The van der Waals surface area contributed by atoms with E-state index in [0.29, 0.717) is 29.8 Å². The van der Waals surface area contributed by atoms with Gasteiger partial charge in [-0.15, -0.1) is 0 Å². The number of amides is 3. The molecule has 2 fully saturated rings. The monoisotopic (exact) mass is 458 g/mol. The van der Waals surface area contributed by atoms with Crippen LogP contribution in [0.25, 0.3) is 0 Å². The molecule has 0 saturated carbocycles. The predicted molar refractivity (Wildman–Crippen MR) is 126 cm³/mol. The van der Waals surface area contributed by atoms with Crippen molar-refractivity contribution in [3.8, 4) is 5.75 Å². The average Bonchev–Trinajstić information content (AvgIpc) is 3.32. The highest BCUT2D eigenvalue weighted by atomic mass is 16.5. The standard InChI is InChI=1S/C27H26N2O5/c1-16-6-5-7-19(12-16)28-15-18(14-24(28)30)27(33)34-20-10-11-23(17(2)13-20)29-25(31)21-8-3-4-9-22(21)26(29)32/h3-7,10-13,18,21-22H,8-9,14-15H2,1-2H3/t18-,21-,22+/m1/s1. The topological polar surface area (TPSA) is 84.0 Å². The molecule has 1 aliphatic carbocycles. The number of nitrogens with zero attached hydrogens (tertiary/aromatic N) is 2. The Morgan fingerprint density at radius 3 is 2.29 bits per heavy atom. The summed E-state index contributed by atoms with van der Waals surface area (Å²) in [6, 6.07) is 12.5. The van der Waals surface area contributed by atoms with Crippen LogP contribution in [0.1, 0.15) is 30.4 Å². The summed E-state index contributed by atoms with van der Waals surface area (Å²) in [6.07, 6.45) is 5.18. The van der Waals surface area contributed by atoms with Crippen molar-refractivity contribution in [1.29, 1.82) is 0 Å². The molecule has 0 bridgehead atoms. The third kappa shape index (κ3) is 3.81. The lowest BCUT2D eigenvalue weighted by atomic mass is 9.85. The van der Waals surface area contributed by atoms with Crippen molar-refractivity contribution >= 4 is 35.1 Å². The average molecular weight is 459 g/mol. The summed E-state index contributed by atoms with van der Waals surface area (Å²) in [5.41, 5.74) is 3.00. The van der Waals surface area contributed by atoms with Crippen LogP contribution in [-0.2, 0) is 19.2 Å². The molecule has 5 rings (SSSR count). The van der Waals surface area contributed by atoms with Gasteiger partial charge in [0.15, 0.2) is 0 Å². The van der Waals surface area contributed by atoms with E-state index in [-0.39, 0.29) is 42.5 Å². The molecule has 2 aliphatic heterocycles. The molecule has 0 spiro atoms. The Hall–Kier alpha value is -3.74. The van der Waals surface area contributed by atoms with Gasteiger partial charge in [-0.2, -0.15) is 0 Å². The molecule has 0 aromatic heterocycles. The molecule has 0 radical (unpaired) electrons. The highest BCUT2D eigenvalue weighted by molar-refractivity contribution is 6.22. The molecule has 2 aromatic rings. The van der Waals surface area contributed by atoms with Crippen molar-refractivity contribution in [2.24, 2.45) is 17.8 Å². The summed E-state index contributed by atoms with van der Waals surface area (Å²) in [6.45, 7) is 4.01. The maximum absolute atomic E-state index is 12.9. The Balaban J connectivity index is 1.28. The van der Waals surface area contributed by atoms with Crippen LogP contribution in [0.4, 0.5) is 11.4 Å². The van der Waals surface area contributed by atoms with Gasteiger partial charge < -0.3 is 9.64 Å². The number of hydrogen-bond acceptors (Lipinski definition) is 5. The van der Waals surface area contributed by atoms with Gasteiger partial charge in [0.25, 0.3) is 0 Å². The minimum atomic E-state index is -0.564. The van der Waals surface area contributed by atoms with Crippen LogP contribution < -0.4 is 14.5 Å². The van der Waals surface area contributed by atoms with E-state index in [1.54, 1.807) is 30.0 Å². The normalized spacial score (nSPS) is 24.1. The summed E-state index contributed by atoms with van der Waals surface area (Å²) in [5, 5.41) is 0. The van der Waals surface area contributed by atoms with Gasteiger partial charge in [-0.1, -0.05) is 24.3 Å². The number of carbonyl (C=O) groups excluding carboxylic acids is 4. The van der Waals surface area contributed by atoms with Crippen molar-refractivity contribution in [3.05, 3.63) is 65.7 Å². The fourth-order valence-corrected chi connectivity index (χ4v) is 5.09. The highest BCUT2D eigenvalue weighted by Crippen LogP contribution is 2.39. The number of carbonyl (C=O) groups is 4. The van der Waals surface area contributed by atoms with Gasteiger partial charge >= 0.3 is 5.97 Å². The van der Waals surface area contributed by atoms with E-state index in [1.807, 2.05) is 43.3 Å². The van der Waals surface area contributed by atoms with E-state index >= 15 is 0 Å². The van der Waals surface area contributed by atoms with Gasteiger partial charge in [0.2, 0.25) is 17.7 Å². The molecule has 2 heterocycles. The molecule has 3 aliphatic rings. The Morgan fingerprint density at radius 2 is 1.65 bits per heavy atom. The Kier molecular flexibility index (Phi) is 5.55. The zero-order chi connectivity index (χ0) is 24.0. The molecular weight excluding hydrogens is 432 g/mol. The van der Waals surface area contributed by atoms with Crippen molar-refractivity contribution in [2.45, 2.75) is 33.1 Å². The van der Waals surface area contributed by atoms with Crippen LogP contribution in [0.15, 0.2) is 54.6 Å². The summed E-state index contributed by atoms with van der Waals surface area (Å²) < 4.78 is 5.59. The highest BCUT2D eigenvalue weighted by Gasteiger charge is 2.48. The van der Waals surface area contributed by atoms with Crippen LogP contribution in [0.2, 0.25) is 0 Å². The third-order valence-electron chi connectivity index (χ3n) is 6.91. The molecular formula is C27H26N2O5. The lowest BCUT2D eigenvalue weighted by molar-refractivity contribution is -0.139. The predicted octanol–water partition coefficient (Wildman–Crippen LogP) is 3.72. The van der Waals surface area contributed by atoms with Gasteiger partial charge in [0.1, 0.15) is 5.75 Å². The maximum Gasteiger partial charge on any atom is 0.316 e. The minimum Gasteiger partial charge on any atom is -0.426 e. The van der Waals surface area contributed by atoms with E-state index in [4.69, 9.17) is 4.74 Å². The van der Waals surface area contributed by atoms with Gasteiger partial charge in [0, 0.05) is 18.7 Å². The van der Waals surface area contributed by atoms with Gasteiger partial charge in [-0.25, -0.2) is 4.90 Å². The van der Waals surface area contributed by atoms with Gasteiger partial charge in [-0.3, -0.25) is 19.2 Å². The Labute approximate surface area is 198 Å². The van der Waals surface area contributed by atoms with Crippen molar-refractivity contribution in [3.63, 3.8) is 0 Å². The molecule has 7 heteroatoms. The van der Waals surface area contributed by atoms with E-state index in [9.17, 15) is 19.2 Å². The molecule has 0 N–H and O–H groups in total. The summed E-state index contributed by atoms with van der Waals surface area (Å²) >= 11 is 0. The molecule has 2 aromatic carbocycles. The third-order valence-corrected chi connectivity index (χ3v) is 6.91. The first-order chi connectivity index (χ1) is 16.3. The van der Waals surface area contributed by atoms with Crippen LogP contribution in [0.5, 0.6) is 5.75 Å². The molecule has 34 heavy (non-hydrogen) atoms. The number of imide groups is 1. The number of allylic oxidation sites excluding steroid dienone is 2. The van der Waals surface area contributed by atoms with E-state index in [1.165, 1.54) is 4.90 Å². The molecule has 3 amide bonds. The molecule has 7 nitrogen and oxygen atoms in total. The number of fused-ring (bicyclic) bond motifs is 1. The second-order valence-corrected chi connectivity index (χ2v) is 9.28. The zero-order valence-corrected chi connectivity index (χ0v) is 19.2. The fourth-order valence-electron chi connectivity index (χ4n) is 5.09. The van der Waals surface area contributed by atoms with Crippen LogP contribution in [-0.4, -0.2) is 30.2 Å². The van der Waals surface area contributed by atoms with Crippen molar-refractivity contribution in [2.75, 3.05) is 16.3 Å². The lowest BCUT2D eigenvalue weighted by Gasteiger charge is -2.19. The fraction of sp³-hybridized carbons (Fsp3) is 0.333. The molecule has 0 unspecified atom stereocenters. The number of ether oxygens (including phenoxy) is 1. The van der Waals surface area contributed by atoms with E-state index in [2.05, 4.69) is 0 Å². The van der Waals surface area contributed by atoms with Gasteiger partial charge in [0.05, 0.1) is 23.4 Å². The summed E-state index contributed by atoms with van der Waals surface area (Å²) in [4.78, 5) is 54.0. The second kappa shape index (κ2) is 8.56. The summed E-state index contributed by atoms with van der Waals surface area (Å²) in [7, 11) is 0. The maximum atomic E-state index is 12.9. The van der Waals surface area contributed by atoms with E-state index < -0.39 is 11.9 Å². The van der Waals surface area contributed by atoms with Crippen LogP contribution in [0, 0.1) is 31.6 Å².